The molecule has 0 unspecified atom stereocenters. The number of pyridine rings is 1. The Morgan fingerprint density at radius 3 is 2.59 bits per heavy atom. The van der Waals surface area contributed by atoms with E-state index in [4.69, 9.17) is 16.3 Å². The number of carbonyl (C=O) groups excluding carboxylic acids is 2. The van der Waals surface area contributed by atoms with E-state index in [9.17, 15) is 14.4 Å². The lowest BCUT2D eigenvalue weighted by Crippen LogP contribution is -2.43. The van der Waals surface area contributed by atoms with Gasteiger partial charge in [-0.05, 0) is 48.7 Å². The molecule has 0 bridgehead atoms. The lowest BCUT2D eigenvalue weighted by atomic mass is 9.93. The average Bonchev–Trinajstić information content (AvgIpc) is 2.93. The topological polar surface area (TPSA) is 91.5 Å². The predicted octanol–water partition coefficient (Wildman–Crippen LogP) is 5.49. The van der Waals surface area contributed by atoms with E-state index >= 15 is 0 Å². The molecule has 3 aromatic carbocycles. The van der Waals surface area contributed by atoms with E-state index in [1.54, 1.807) is 36.4 Å². The third kappa shape index (κ3) is 4.95. The SMILES string of the molecule is COC(=O)c1ccccc1NC(=O)[C@@H]1CCCN(c2c(-c3ccccc3)c3cc(Cl)ccc3[nH]c2=O)C1. The molecular formula is C29H26ClN3O4. The number of aromatic amines is 1. The van der Waals surface area contributed by atoms with Crippen LogP contribution in [0.15, 0.2) is 77.6 Å². The number of nitrogens with zero attached hydrogens (tertiary/aromatic N) is 1. The molecule has 4 aromatic rings. The molecule has 0 saturated carbocycles. The fraction of sp³-hybridized carbons (Fsp3) is 0.207. The summed E-state index contributed by atoms with van der Waals surface area (Å²) in [5, 5.41) is 4.31. The van der Waals surface area contributed by atoms with Crippen molar-refractivity contribution in [2.45, 2.75) is 12.8 Å². The van der Waals surface area contributed by atoms with Crippen LogP contribution in [0.5, 0.6) is 0 Å². The number of hydrogen-bond acceptors (Lipinski definition) is 5. The molecule has 5 rings (SSSR count). The average molecular weight is 516 g/mol. The maximum absolute atomic E-state index is 13.4. The summed E-state index contributed by atoms with van der Waals surface area (Å²) in [5.41, 5.74) is 3.38. The van der Waals surface area contributed by atoms with E-state index in [0.717, 1.165) is 22.9 Å². The Morgan fingerprint density at radius 2 is 1.81 bits per heavy atom. The van der Waals surface area contributed by atoms with Crippen LogP contribution in [0.25, 0.3) is 22.0 Å². The number of nitrogens with one attached hydrogen (secondary N) is 2. The first-order valence-electron chi connectivity index (χ1n) is 12.1. The Balaban J connectivity index is 1.51. The molecule has 7 nitrogen and oxygen atoms in total. The van der Waals surface area contributed by atoms with Crippen LogP contribution in [0.1, 0.15) is 23.2 Å². The van der Waals surface area contributed by atoms with Gasteiger partial charge in [0.2, 0.25) is 5.91 Å². The number of esters is 1. The lowest BCUT2D eigenvalue weighted by Gasteiger charge is -2.34. The molecule has 0 spiro atoms. The third-order valence-electron chi connectivity index (χ3n) is 6.71. The molecule has 37 heavy (non-hydrogen) atoms. The summed E-state index contributed by atoms with van der Waals surface area (Å²) < 4.78 is 4.84. The first-order chi connectivity index (χ1) is 18.0. The molecule has 1 aromatic heterocycles. The quantitative estimate of drug-likeness (QED) is 0.343. The zero-order chi connectivity index (χ0) is 25.9. The summed E-state index contributed by atoms with van der Waals surface area (Å²) in [4.78, 5) is 43.9. The minimum atomic E-state index is -0.518. The third-order valence-corrected chi connectivity index (χ3v) is 6.95. The van der Waals surface area contributed by atoms with E-state index in [-0.39, 0.29) is 17.4 Å². The van der Waals surface area contributed by atoms with Crippen molar-refractivity contribution < 1.29 is 14.3 Å². The number of piperidine rings is 1. The molecule has 8 heteroatoms. The fourth-order valence-corrected chi connectivity index (χ4v) is 5.13. The van der Waals surface area contributed by atoms with Crippen molar-refractivity contribution in [1.29, 1.82) is 0 Å². The van der Waals surface area contributed by atoms with Crippen molar-refractivity contribution in [3.05, 3.63) is 93.7 Å². The Kier molecular flexibility index (Phi) is 6.97. The highest BCUT2D eigenvalue weighted by molar-refractivity contribution is 6.31. The number of benzene rings is 3. The second kappa shape index (κ2) is 10.5. The Morgan fingerprint density at radius 1 is 1.05 bits per heavy atom. The highest BCUT2D eigenvalue weighted by Gasteiger charge is 2.30. The molecule has 0 aliphatic carbocycles. The molecule has 1 saturated heterocycles. The van der Waals surface area contributed by atoms with Gasteiger partial charge in [-0.3, -0.25) is 9.59 Å². The van der Waals surface area contributed by atoms with Crippen molar-refractivity contribution in [2.75, 3.05) is 30.4 Å². The van der Waals surface area contributed by atoms with Gasteiger partial charge in [-0.2, -0.15) is 0 Å². The zero-order valence-electron chi connectivity index (χ0n) is 20.3. The number of anilines is 2. The zero-order valence-corrected chi connectivity index (χ0v) is 21.0. The number of aromatic nitrogens is 1. The number of rotatable bonds is 5. The van der Waals surface area contributed by atoms with Crippen LogP contribution < -0.4 is 15.8 Å². The van der Waals surface area contributed by atoms with Crippen molar-refractivity contribution in [3.8, 4) is 11.1 Å². The summed E-state index contributed by atoms with van der Waals surface area (Å²) in [6, 6.07) is 21.9. The van der Waals surface area contributed by atoms with Crippen LogP contribution >= 0.6 is 11.6 Å². The van der Waals surface area contributed by atoms with Crippen LogP contribution in [0.3, 0.4) is 0 Å². The standard InChI is InChI=1S/C29H26ClN3O4/c1-37-29(36)21-11-5-6-12-23(21)31-27(34)19-10-7-15-33(17-19)26-25(18-8-3-2-4-9-18)22-16-20(30)13-14-24(22)32-28(26)35/h2-6,8-9,11-14,16,19H,7,10,15,17H2,1H3,(H,31,34)(H,32,35)/t19-/m1/s1. The molecule has 1 amide bonds. The van der Waals surface area contributed by atoms with Crippen molar-refractivity contribution in [2.24, 2.45) is 5.92 Å². The Labute approximate surface area is 219 Å². The number of para-hydroxylation sites is 1. The summed E-state index contributed by atoms with van der Waals surface area (Å²) in [5.74, 6) is -1.10. The first-order valence-corrected chi connectivity index (χ1v) is 12.5. The molecule has 2 heterocycles. The number of methoxy groups -OCH3 is 1. The molecule has 1 atom stereocenters. The highest BCUT2D eigenvalue weighted by atomic mass is 35.5. The smallest absolute Gasteiger partial charge is 0.339 e. The lowest BCUT2D eigenvalue weighted by molar-refractivity contribution is -0.120. The van der Waals surface area contributed by atoms with E-state index in [1.165, 1.54) is 7.11 Å². The minimum absolute atomic E-state index is 0.206. The van der Waals surface area contributed by atoms with Crippen LogP contribution in [-0.4, -0.2) is 37.1 Å². The molecule has 2 N–H and O–H groups in total. The summed E-state index contributed by atoms with van der Waals surface area (Å²) >= 11 is 6.35. The van der Waals surface area contributed by atoms with Gasteiger partial charge < -0.3 is 19.9 Å². The number of amides is 1. The van der Waals surface area contributed by atoms with Crippen LogP contribution in [0, 0.1) is 5.92 Å². The molecule has 0 radical (unpaired) electrons. The first kappa shape index (κ1) is 24.6. The van der Waals surface area contributed by atoms with Gasteiger partial charge in [0.1, 0.15) is 5.69 Å². The van der Waals surface area contributed by atoms with Gasteiger partial charge in [0, 0.05) is 34.6 Å². The number of fused-ring (bicyclic) bond motifs is 1. The van der Waals surface area contributed by atoms with E-state index in [0.29, 0.717) is 47.0 Å². The summed E-state index contributed by atoms with van der Waals surface area (Å²) in [6.07, 6.45) is 1.40. The predicted molar refractivity (Wildman–Crippen MR) is 146 cm³/mol. The van der Waals surface area contributed by atoms with E-state index < -0.39 is 5.97 Å². The summed E-state index contributed by atoms with van der Waals surface area (Å²) in [6.45, 7) is 0.999. The largest absolute Gasteiger partial charge is 0.465 e. The van der Waals surface area contributed by atoms with Crippen molar-refractivity contribution >= 4 is 45.8 Å². The van der Waals surface area contributed by atoms with Crippen molar-refractivity contribution in [1.82, 2.24) is 4.98 Å². The minimum Gasteiger partial charge on any atom is -0.465 e. The highest BCUT2D eigenvalue weighted by Crippen LogP contribution is 2.37. The summed E-state index contributed by atoms with van der Waals surface area (Å²) in [7, 11) is 1.30. The van der Waals surface area contributed by atoms with Crippen LogP contribution in [0.4, 0.5) is 11.4 Å². The fourth-order valence-electron chi connectivity index (χ4n) is 4.96. The normalized spacial score (nSPS) is 15.4. The number of H-pyrrole nitrogens is 1. The Hall–Kier alpha value is -4.10. The van der Waals surface area contributed by atoms with Crippen molar-refractivity contribution in [3.63, 3.8) is 0 Å². The van der Waals surface area contributed by atoms with Gasteiger partial charge in [0.15, 0.2) is 0 Å². The number of ether oxygens (including phenoxy) is 1. The monoisotopic (exact) mass is 515 g/mol. The second-order valence-electron chi connectivity index (χ2n) is 9.05. The van der Waals surface area contributed by atoms with Crippen LogP contribution in [-0.2, 0) is 9.53 Å². The van der Waals surface area contributed by atoms with Gasteiger partial charge in [-0.1, -0.05) is 54.1 Å². The van der Waals surface area contributed by atoms with E-state index in [2.05, 4.69) is 10.3 Å². The van der Waals surface area contributed by atoms with Gasteiger partial charge in [-0.15, -0.1) is 0 Å². The van der Waals surface area contributed by atoms with Crippen LogP contribution in [0.2, 0.25) is 5.02 Å². The second-order valence-corrected chi connectivity index (χ2v) is 9.48. The van der Waals surface area contributed by atoms with Gasteiger partial charge in [-0.25, -0.2) is 4.79 Å². The van der Waals surface area contributed by atoms with Gasteiger partial charge in [0.25, 0.3) is 5.56 Å². The molecule has 1 aliphatic rings. The van der Waals surface area contributed by atoms with Gasteiger partial charge in [0.05, 0.1) is 24.3 Å². The molecule has 188 valence electrons. The maximum Gasteiger partial charge on any atom is 0.339 e. The molecule has 1 fully saturated rings. The number of halogens is 1. The molecular weight excluding hydrogens is 490 g/mol. The number of hydrogen-bond donors (Lipinski definition) is 2. The number of carbonyl (C=O) groups is 2. The van der Waals surface area contributed by atoms with E-state index in [1.807, 2.05) is 41.3 Å². The maximum atomic E-state index is 13.4. The molecule has 1 aliphatic heterocycles. The van der Waals surface area contributed by atoms with Gasteiger partial charge >= 0.3 is 5.97 Å². The Bertz CT molecular complexity index is 1530.